The number of aliphatic carboxylic acids is 1. The summed E-state index contributed by atoms with van der Waals surface area (Å²) in [5.41, 5.74) is 2.41. The minimum Gasteiger partial charge on any atom is -0.481 e. The van der Waals surface area contributed by atoms with Gasteiger partial charge in [-0.1, -0.05) is 31.2 Å². The number of carbonyl (C=O) groups is 2. The maximum absolute atomic E-state index is 12.5. The molecule has 2 fully saturated rings. The monoisotopic (exact) mass is 287 g/mol. The Bertz CT molecular complexity index is 548. The summed E-state index contributed by atoms with van der Waals surface area (Å²) in [4.78, 5) is 25.3. The summed E-state index contributed by atoms with van der Waals surface area (Å²) in [5, 5.41) is 8.99. The molecule has 4 nitrogen and oxygen atoms in total. The molecule has 0 aromatic heterocycles. The third-order valence-electron chi connectivity index (χ3n) is 4.48. The van der Waals surface area contributed by atoms with E-state index in [4.69, 9.17) is 5.11 Å². The molecule has 0 bridgehead atoms. The van der Waals surface area contributed by atoms with Gasteiger partial charge in [-0.3, -0.25) is 9.59 Å². The second-order valence-electron chi connectivity index (χ2n) is 6.15. The van der Waals surface area contributed by atoms with Crippen molar-refractivity contribution in [1.82, 2.24) is 4.90 Å². The molecule has 0 spiro atoms. The van der Waals surface area contributed by atoms with Gasteiger partial charge in [0.05, 0.1) is 11.8 Å². The SMILES string of the molecule is CCc1ccc(CN(C(=O)C2CC2C(=O)O)C2CC2)cc1. The van der Waals surface area contributed by atoms with Gasteiger partial charge in [0.15, 0.2) is 0 Å². The molecule has 2 unspecified atom stereocenters. The first-order valence-corrected chi connectivity index (χ1v) is 7.71. The zero-order valence-electron chi connectivity index (χ0n) is 12.3. The highest BCUT2D eigenvalue weighted by molar-refractivity contribution is 5.89. The second kappa shape index (κ2) is 5.51. The molecular formula is C17H21NO3. The minimum absolute atomic E-state index is 0.0319. The van der Waals surface area contributed by atoms with Crippen LogP contribution in [0.1, 0.15) is 37.3 Å². The molecular weight excluding hydrogens is 266 g/mol. The highest BCUT2D eigenvalue weighted by atomic mass is 16.4. The average Bonchev–Trinajstić information content (AvgIpc) is 3.37. The van der Waals surface area contributed by atoms with E-state index < -0.39 is 11.9 Å². The van der Waals surface area contributed by atoms with Crippen LogP contribution < -0.4 is 0 Å². The van der Waals surface area contributed by atoms with Gasteiger partial charge < -0.3 is 10.0 Å². The van der Waals surface area contributed by atoms with E-state index in [9.17, 15) is 9.59 Å². The first kappa shape index (κ1) is 14.1. The van der Waals surface area contributed by atoms with Crippen LogP contribution in [-0.2, 0) is 22.6 Å². The smallest absolute Gasteiger partial charge is 0.307 e. The molecule has 0 radical (unpaired) electrons. The number of amides is 1. The normalized spacial score (nSPS) is 23.7. The van der Waals surface area contributed by atoms with E-state index in [-0.39, 0.29) is 11.8 Å². The van der Waals surface area contributed by atoms with E-state index in [0.29, 0.717) is 19.0 Å². The van der Waals surface area contributed by atoms with E-state index in [1.54, 1.807) is 0 Å². The quantitative estimate of drug-likeness (QED) is 0.874. The Morgan fingerprint density at radius 2 is 1.76 bits per heavy atom. The molecule has 1 amide bonds. The van der Waals surface area contributed by atoms with Crippen molar-refractivity contribution in [2.24, 2.45) is 11.8 Å². The summed E-state index contributed by atoms with van der Waals surface area (Å²) in [5.74, 6) is -1.56. The summed E-state index contributed by atoms with van der Waals surface area (Å²) in [6, 6.07) is 8.66. The third-order valence-corrected chi connectivity index (χ3v) is 4.48. The largest absolute Gasteiger partial charge is 0.481 e. The molecule has 2 aliphatic carbocycles. The van der Waals surface area contributed by atoms with Crippen molar-refractivity contribution in [2.75, 3.05) is 0 Å². The van der Waals surface area contributed by atoms with Crippen molar-refractivity contribution < 1.29 is 14.7 Å². The van der Waals surface area contributed by atoms with Crippen LogP contribution in [0.2, 0.25) is 0 Å². The van der Waals surface area contributed by atoms with Crippen LogP contribution in [-0.4, -0.2) is 27.9 Å². The zero-order chi connectivity index (χ0) is 15.0. The lowest BCUT2D eigenvalue weighted by Crippen LogP contribution is -2.34. The Balaban J connectivity index is 1.67. The Hall–Kier alpha value is -1.84. The molecule has 3 rings (SSSR count). The number of benzene rings is 1. The van der Waals surface area contributed by atoms with E-state index in [1.165, 1.54) is 5.56 Å². The summed E-state index contributed by atoms with van der Waals surface area (Å²) in [7, 11) is 0. The summed E-state index contributed by atoms with van der Waals surface area (Å²) in [6.07, 6.45) is 3.60. The molecule has 112 valence electrons. The van der Waals surface area contributed by atoms with Crippen LogP contribution in [0.25, 0.3) is 0 Å². The number of carboxylic acid groups (broad SMARTS) is 1. The predicted molar refractivity (Wildman–Crippen MR) is 78.6 cm³/mol. The van der Waals surface area contributed by atoms with Crippen molar-refractivity contribution in [3.63, 3.8) is 0 Å². The van der Waals surface area contributed by atoms with E-state index in [1.807, 2.05) is 4.90 Å². The average molecular weight is 287 g/mol. The number of nitrogens with zero attached hydrogens (tertiary/aromatic N) is 1. The molecule has 1 N–H and O–H groups in total. The lowest BCUT2D eigenvalue weighted by molar-refractivity contribution is -0.142. The number of aryl methyl sites for hydroxylation is 1. The Morgan fingerprint density at radius 3 is 2.24 bits per heavy atom. The van der Waals surface area contributed by atoms with Crippen LogP contribution in [0.15, 0.2) is 24.3 Å². The summed E-state index contributed by atoms with van der Waals surface area (Å²) < 4.78 is 0. The van der Waals surface area contributed by atoms with Crippen molar-refractivity contribution in [2.45, 2.75) is 45.2 Å². The number of rotatable bonds is 6. The summed E-state index contributed by atoms with van der Waals surface area (Å²) in [6.45, 7) is 2.73. The van der Waals surface area contributed by atoms with Crippen molar-refractivity contribution in [3.8, 4) is 0 Å². The maximum atomic E-state index is 12.5. The molecule has 2 atom stereocenters. The number of carbonyl (C=O) groups excluding carboxylic acids is 1. The lowest BCUT2D eigenvalue weighted by atomic mass is 10.1. The maximum Gasteiger partial charge on any atom is 0.307 e. The van der Waals surface area contributed by atoms with Gasteiger partial charge in [-0.05, 0) is 36.8 Å². The third kappa shape index (κ3) is 3.09. The first-order valence-electron chi connectivity index (χ1n) is 7.71. The molecule has 1 aromatic rings. The van der Waals surface area contributed by atoms with Crippen molar-refractivity contribution in [1.29, 1.82) is 0 Å². The first-order chi connectivity index (χ1) is 10.1. The highest BCUT2D eigenvalue weighted by Gasteiger charge is 2.51. The number of hydrogen-bond donors (Lipinski definition) is 1. The second-order valence-corrected chi connectivity index (χ2v) is 6.15. The molecule has 1 aromatic carbocycles. The van der Waals surface area contributed by atoms with Crippen molar-refractivity contribution >= 4 is 11.9 Å². The van der Waals surface area contributed by atoms with Gasteiger partial charge in [-0.25, -0.2) is 0 Å². The van der Waals surface area contributed by atoms with E-state index in [0.717, 1.165) is 24.8 Å². The van der Waals surface area contributed by atoms with Crippen LogP contribution in [0.4, 0.5) is 0 Å². The molecule has 21 heavy (non-hydrogen) atoms. The van der Waals surface area contributed by atoms with Gasteiger partial charge in [0.2, 0.25) is 5.91 Å². The summed E-state index contributed by atoms with van der Waals surface area (Å²) >= 11 is 0. The molecule has 2 aliphatic rings. The van der Waals surface area contributed by atoms with E-state index >= 15 is 0 Å². The van der Waals surface area contributed by atoms with Crippen LogP contribution in [0.3, 0.4) is 0 Å². The van der Waals surface area contributed by atoms with E-state index in [2.05, 4.69) is 31.2 Å². The fourth-order valence-corrected chi connectivity index (χ4v) is 2.80. The topological polar surface area (TPSA) is 57.6 Å². The standard InChI is InChI=1S/C17H21NO3/c1-2-11-3-5-12(6-4-11)10-18(13-7-8-13)16(19)14-9-15(14)17(20)21/h3-6,13-15H,2,7-10H2,1H3,(H,20,21). The number of hydrogen-bond acceptors (Lipinski definition) is 2. The molecule has 0 saturated heterocycles. The molecule has 2 saturated carbocycles. The number of carboxylic acids is 1. The lowest BCUT2D eigenvalue weighted by Gasteiger charge is -2.23. The van der Waals surface area contributed by atoms with Gasteiger partial charge in [-0.2, -0.15) is 0 Å². The molecule has 0 aliphatic heterocycles. The van der Waals surface area contributed by atoms with Crippen LogP contribution >= 0.6 is 0 Å². The fourth-order valence-electron chi connectivity index (χ4n) is 2.80. The Kier molecular flexibility index (Phi) is 3.70. The highest BCUT2D eigenvalue weighted by Crippen LogP contribution is 2.42. The predicted octanol–water partition coefficient (Wildman–Crippen LogP) is 2.46. The van der Waals surface area contributed by atoms with Gasteiger partial charge in [0.1, 0.15) is 0 Å². The Labute approximate surface area is 124 Å². The van der Waals surface area contributed by atoms with Gasteiger partial charge >= 0.3 is 5.97 Å². The van der Waals surface area contributed by atoms with Crippen molar-refractivity contribution in [3.05, 3.63) is 35.4 Å². The van der Waals surface area contributed by atoms with Gasteiger partial charge in [0.25, 0.3) is 0 Å². The van der Waals surface area contributed by atoms with Crippen LogP contribution in [0, 0.1) is 11.8 Å². The fraction of sp³-hybridized carbons (Fsp3) is 0.529. The van der Waals surface area contributed by atoms with Gasteiger partial charge in [-0.15, -0.1) is 0 Å². The zero-order valence-corrected chi connectivity index (χ0v) is 12.3. The molecule has 0 heterocycles. The Morgan fingerprint density at radius 1 is 1.14 bits per heavy atom. The van der Waals surface area contributed by atoms with Crippen LogP contribution in [0.5, 0.6) is 0 Å². The van der Waals surface area contributed by atoms with Gasteiger partial charge in [0, 0.05) is 12.6 Å². The molecule has 4 heteroatoms. The minimum atomic E-state index is -0.837.